The van der Waals surface area contributed by atoms with E-state index in [0.29, 0.717) is 5.41 Å². The summed E-state index contributed by atoms with van der Waals surface area (Å²) >= 11 is 0. The van der Waals surface area contributed by atoms with E-state index in [1.54, 1.807) is 0 Å². The average Bonchev–Trinajstić information content (AvgIpc) is 3.38. The van der Waals surface area contributed by atoms with Gasteiger partial charge in [-0.1, -0.05) is 12.8 Å². The Balaban J connectivity index is 1.28. The summed E-state index contributed by atoms with van der Waals surface area (Å²) < 4.78 is 0. The van der Waals surface area contributed by atoms with Crippen molar-refractivity contribution in [2.45, 2.75) is 63.5 Å². The van der Waals surface area contributed by atoms with Crippen LogP contribution in [0.3, 0.4) is 0 Å². The van der Waals surface area contributed by atoms with Crippen molar-refractivity contribution < 1.29 is 0 Å². The molecule has 0 aromatic heterocycles. The van der Waals surface area contributed by atoms with Crippen LogP contribution in [0.25, 0.3) is 0 Å². The zero-order valence-electron chi connectivity index (χ0n) is 12.9. The molecule has 3 saturated carbocycles. The Morgan fingerprint density at radius 3 is 2.20 bits per heavy atom. The van der Waals surface area contributed by atoms with Crippen LogP contribution in [-0.2, 0) is 0 Å². The van der Waals surface area contributed by atoms with Gasteiger partial charge < -0.3 is 10.2 Å². The molecule has 0 unspecified atom stereocenters. The zero-order chi connectivity index (χ0) is 13.4. The summed E-state index contributed by atoms with van der Waals surface area (Å²) in [5.41, 5.74) is 0.615. The molecule has 0 radical (unpaired) electrons. The van der Waals surface area contributed by atoms with Gasteiger partial charge in [-0.3, -0.25) is 4.90 Å². The molecule has 1 aliphatic heterocycles. The third-order valence-electron chi connectivity index (χ3n) is 6.04. The fraction of sp³-hybridized carbons (Fsp3) is 1.00. The van der Waals surface area contributed by atoms with Crippen LogP contribution in [0.1, 0.15) is 51.4 Å². The molecule has 1 saturated heterocycles. The van der Waals surface area contributed by atoms with Crippen LogP contribution < -0.4 is 5.32 Å². The maximum atomic E-state index is 3.83. The molecule has 3 nitrogen and oxygen atoms in total. The van der Waals surface area contributed by atoms with Crippen LogP contribution in [0, 0.1) is 5.41 Å². The highest BCUT2D eigenvalue weighted by Gasteiger charge is 2.38. The second kappa shape index (κ2) is 5.58. The van der Waals surface area contributed by atoms with Gasteiger partial charge in [0, 0.05) is 51.4 Å². The highest BCUT2D eigenvalue weighted by atomic mass is 15.3. The summed E-state index contributed by atoms with van der Waals surface area (Å²) in [5, 5.41) is 3.83. The van der Waals surface area contributed by atoms with Crippen molar-refractivity contribution >= 4 is 0 Å². The Morgan fingerprint density at radius 1 is 0.900 bits per heavy atom. The van der Waals surface area contributed by atoms with Crippen molar-refractivity contribution in [3.05, 3.63) is 0 Å². The average molecular weight is 277 g/mol. The fourth-order valence-electron chi connectivity index (χ4n) is 4.36. The highest BCUT2D eigenvalue weighted by Crippen LogP contribution is 2.39. The third kappa shape index (κ3) is 3.20. The van der Waals surface area contributed by atoms with Crippen LogP contribution >= 0.6 is 0 Å². The van der Waals surface area contributed by atoms with E-state index >= 15 is 0 Å². The Labute approximate surface area is 124 Å². The van der Waals surface area contributed by atoms with E-state index in [0.717, 1.165) is 12.1 Å². The van der Waals surface area contributed by atoms with Crippen LogP contribution in [0.15, 0.2) is 0 Å². The number of hydrogen-bond donors (Lipinski definition) is 1. The predicted molar refractivity (Wildman–Crippen MR) is 83.0 cm³/mol. The molecule has 1 N–H and O–H groups in total. The van der Waals surface area contributed by atoms with Gasteiger partial charge >= 0.3 is 0 Å². The van der Waals surface area contributed by atoms with Gasteiger partial charge in [-0.25, -0.2) is 0 Å². The van der Waals surface area contributed by atoms with Crippen molar-refractivity contribution in [2.75, 3.05) is 39.3 Å². The quantitative estimate of drug-likeness (QED) is 0.802. The lowest BCUT2D eigenvalue weighted by atomic mass is 9.85. The summed E-state index contributed by atoms with van der Waals surface area (Å²) in [5.74, 6) is 0. The van der Waals surface area contributed by atoms with Crippen LogP contribution in [-0.4, -0.2) is 61.2 Å². The minimum atomic E-state index is 0.615. The van der Waals surface area contributed by atoms with E-state index in [-0.39, 0.29) is 0 Å². The standard InChI is InChI=1S/C17H31N3/c1-2-8-17(7-1,13-18-15-3-4-15)14-19-9-11-20(12-10-19)16-5-6-16/h15-16,18H,1-14H2. The fourth-order valence-corrected chi connectivity index (χ4v) is 4.36. The molecule has 20 heavy (non-hydrogen) atoms. The molecule has 0 aromatic carbocycles. The first-order valence-electron chi connectivity index (χ1n) is 9.03. The van der Waals surface area contributed by atoms with E-state index in [1.165, 1.54) is 90.6 Å². The Bertz CT molecular complexity index is 321. The van der Waals surface area contributed by atoms with E-state index in [4.69, 9.17) is 0 Å². The van der Waals surface area contributed by atoms with Gasteiger partial charge in [-0.2, -0.15) is 0 Å². The topological polar surface area (TPSA) is 18.5 Å². The SMILES string of the molecule is C1CCC(CNC2CC2)(CN2CCN(C3CC3)CC2)C1. The van der Waals surface area contributed by atoms with Crippen molar-refractivity contribution in [3.8, 4) is 0 Å². The molecule has 0 amide bonds. The van der Waals surface area contributed by atoms with Crippen LogP contribution in [0.5, 0.6) is 0 Å². The number of hydrogen-bond acceptors (Lipinski definition) is 3. The minimum Gasteiger partial charge on any atom is -0.313 e. The summed E-state index contributed by atoms with van der Waals surface area (Å²) in [4.78, 5) is 5.51. The molecule has 0 atom stereocenters. The summed E-state index contributed by atoms with van der Waals surface area (Å²) in [7, 11) is 0. The lowest BCUT2D eigenvalue weighted by Crippen LogP contribution is -2.51. The number of rotatable bonds is 6. The number of nitrogens with zero attached hydrogens (tertiary/aromatic N) is 2. The maximum absolute atomic E-state index is 3.83. The smallest absolute Gasteiger partial charge is 0.0113 e. The minimum absolute atomic E-state index is 0.615. The molecule has 0 spiro atoms. The molecular formula is C17H31N3. The van der Waals surface area contributed by atoms with Gasteiger partial charge in [-0.05, 0) is 43.9 Å². The Morgan fingerprint density at radius 2 is 1.60 bits per heavy atom. The van der Waals surface area contributed by atoms with E-state index < -0.39 is 0 Å². The molecule has 4 rings (SSSR count). The van der Waals surface area contributed by atoms with Crippen molar-refractivity contribution in [3.63, 3.8) is 0 Å². The number of piperazine rings is 1. The summed E-state index contributed by atoms with van der Waals surface area (Å²) in [6, 6.07) is 1.84. The van der Waals surface area contributed by atoms with Crippen LogP contribution in [0.4, 0.5) is 0 Å². The monoisotopic (exact) mass is 277 g/mol. The Kier molecular flexibility index (Phi) is 3.78. The number of nitrogens with one attached hydrogen (secondary N) is 1. The normalized spacial score (nSPS) is 31.8. The van der Waals surface area contributed by atoms with Gasteiger partial charge in [0.2, 0.25) is 0 Å². The summed E-state index contributed by atoms with van der Waals surface area (Å²) in [6.45, 7) is 7.96. The molecule has 1 heterocycles. The molecule has 3 aliphatic carbocycles. The van der Waals surface area contributed by atoms with Gasteiger partial charge in [0.25, 0.3) is 0 Å². The second-order valence-electron chi connectivity index (χ2n) is 7.91. The van der Waals surface area contributed by atoms with E-state index in [9.17, 15) is 0 Å². The molecule has 3 heteroatoms. The lowest BCUT2D eigenvalue weighted by molar-refractivity contribution is 0.0814. The van der Waals surface area contributed by atoms with Crippen LogP contribution in [0.2, 0.25) is 0 Å². The first-order valence-corrected chi connectivity index (χ1v) is 9.03. The van der Waals surface area contributed by atoms with E-state index in [2.05, 4.69) is 15.1 Å². The second-order valence-corrected chi connectivity index (χ2v) is 7.91. The zero-order valence-corrected chi connectivity index (χ0v) is 12.9. The van der Waals surface area contributed by atoms with Crippen molar-refractivity contribution in [2.24, 2.45) is 5.41 Å². The largest absolute Gasteiger partial charge is 0.313 e. The van der Waals surface area contributed by atoms with Crippen molar-refractivity contribution in [1.29, 1.82) is 0 Å². The maximum Gasteiger partial charge on any atom is 0.0113 e. The molecular weight excluding hydrogens is 246 g/mol. The molecule has 0 aromatic rings. The molecule has 0 bridgehead atoms. The van der Waals surface area contributed by atoms with Crippen molar-refractivity contribution in [1.82, 2.24) is 15.1 Å². The van der Waals surface area contributed by atoms with Gasteiger partial charge in [0.05, 0.1) is 0 Å². The highest BCUT2D eigenvalue weighted by molar-refractivity contribution is 4.94. The predicted octanol–water partition coefficient (Wildman–Crippen LogP) is 2.08. The van der Waals surface area contributed by atoms with E-state index in [1.807, 2.05) is 0 Å². The Hall–Kier alpha value is -0.120. The lowest BCUT2D eigenvalue weighted by Gasteiger charge is -2.40. The van der Waals surface area contributed by atoms with Gasteiger partial charge in [0.1, 0.15) is 0 Å². The first-order chi connectivity index (χ1) is 9.83. The third-order valence-corrected chi connectivity index (χ3v) is 6.04. The first kappa shape index (κ1) is 13.5. The molecule has 4 fully saturated rings. The molecule has 114 valence electrons. The summed E-state index contributed by atoms with van der Waals surface area (Å²) in [6.07, 6.45) is 11.7. The van der Waals surface area contributed by atoms with Gasteiger partial charge in [-0.15, -0.1) is 0 Å². The molecule has 4 aliphatic rings. The van der Waals surface area contributed by atoms with Gasteiger partial charge in [0.15, 0.2) is 0 Å².